The Morgan fingerprint density at radius 1 is 1.35 bits per heavy atom. The van der Waals surface area contributed by atoms with Crippen molar-refractivity contribution in [1.82, 2.24) is 5.32 Å². The monoisotopic (exact) mass is 247 g/mol. The lowest BCUT2D eigenvalue weighted by Crippen LogP contribution is -2.35. The Bertz CT molecular complexity index is 352. The van der Waals surface area contributed by atoms with Gasteiger partial charge in [0.1, 0.15) is 5.75 Å². The van der Waals surface area contributed by atoms with E-state index in [4.69, 9.17) is 0 Å². The molecular formula is C12H16F3NO. The smallest absolute Gasteiger partial charge is 0.390 e. The Kier molecular flexibility index (Phi) is 4.81. The van der Waals surface area contributed by atoms with E-state index in [1.54, 1.807) is 19.1 Å². The van der Waals surface area contributed by atoms with Gasteiger partial charge in [0.2, 0.25) is 0 Å². The molecule has 1 aromatic carbocycles. The molecule has 1 atom stereocenters. The van der Waals surface area contributed by atoms with Crippen LogP contribution in [0.4, 0.5) is 13.2 Å². The second-order valence-electron chi connectivity index (χ2n) is 3.95. The number of halogens is 3. The lowest BCUT2D eigenvalue weighted by Gasteiger charge is -2.19. The average molecular weight is 247 g/mol. The van der Waals surface area contributed by atoms with Gasteiger partial charge in [0, 0.05) is 6.04 Å². The summed E-state index contributed by atoms with van der Waals surface area (Å²) in [5.41, 5.74) is 0.695. The van der Waals surface area contributed by atoms with Gasteiger partial charge in [-0.05, 0) is 30.7 Å². The first-order chi connectivity index (χ1) is 7.90. The molecule has 0 saturated carbocycles. The molecule has 0 aliphatic rings. The van der Waals surface area contributed by atoms with Gasteiger partial charge in [-0.1, -0.05) is 19.1 Å². The van der Waals surface area contributed by atoms with Crippen molar-refractivity contribution in [3.8, 4) is 5.75 Å². The Hall–Kier alpha value is -1.23. The van der Waals surface area contributed by atoms with E-state index < -0.39 is 18.6 Å². The Morgan fingerprint density at radius 3 is 2.59 bits per heavy atom. The molecule has 2 nitrogen and oxygen atoms in total. The van der Waals surface area contributed by atoms with E-state index in [-0.39, 0.29) is 12.2 Å². The minimum Gasteiger partial charge on any atom is -0.508 e. The average Bonchev–Trinajstić information content (AvgIpc) is 2.15. The third-order valence-corrected chi connectivity index (χ3v) is 2.36. The molecule has 2 N–H and O–H groups in total. The number of phenols is 1. The highest BCUT2D eigenvalue weighted by Crippen LogP contribution is 2.23. The highest BCUT2D eigenvalue weighted by Gasteiger charge is 2.31. The molecule has 0 aliphatic carbocycles. The Labute approximate surface area is 98.5 Å². The summed E-state index contributed by atoms with van der Waals surface area (Å²) in [6, 6.07) is 5.67. The van der Waals surface area contributed by atoms with Crippen LogP contribution < -0.4 is 5.32 Å². The van der Waals surface area contributed by atoms with Gasteiger partial charge in [0.25, 0.3) is 0 Å². The molecule has 0 radical (unpaired) electrons. The summed E-state index contributed by atoms with van der Waals surface area (Å²) < 4.78 is 37.0. The van der Waals surface area contributed by atoms with Crippen LogP contribution in [0.2, 0.25) is 0 Å². The molecule has 96 valence electrons. The van der Waals surface area contributed by atoms with Crippen molar-refractivity contribution in [1.29, 1.82) is 0 Å². The number of aromatic hydroxyl groups is 1. The summed E-state index contributed by atoms with van der Waals surface area (Å²) >= 11 is 0. The molecular weight excluding hydrogens is 231 g/mol. The fourth-order valence-corrected chi connectivity index (χ4v) is 1.75. The second-order valence-corrected chi connectivity index (χ2v) is 3.95. The van der Waals surface area contributed by atoms with Gasteiger partial charge in [-0.15, -0.1) is 0 Å². The van der Waals surface area contributed by atoms with E-state index in [0.29, 0.717) is 12.1 Å². The number of phenolic OH excluding ortho intramolecular Hbond substituents is 1. The molecule has 1 aromatic rings. The van der Waals surface area contributed by atoms with E-state index in [1.807, 2.05) is 0 Å². The van der Waals surface area contributed by atoms with Gasteiger partial charge in [-0.3, -0.25) is 0 Å². The fourth-order valence-electron chi connectivity index (χ4n) is 1.75. The zero-order chi connectivity index (χ0) is 12.9. The van der Waals surface area contributed by atoms with Crippen LogP contribution in [0.3, 0.4) is 0 Å². The minimum absolute atomic E-state index is 0.0738. The number of hydrogen-bond acceptors (Lipinski definition) is 2. The number of likely N-dealkylation sites (N-methyl/N-ethyl adjacent to an activating group) is 1. The highest BCUT2D eigenvalue weighted by molar-refractivity contribution is 5.27. The molecule has 0 spiro atoms. The van der Waals surface area contributed by atoms with Crippen molar-refractivity contribution in [3.05, 3.63) is 29.8 Å². The lowest BCUT2D eigenvalue weighted by atomic mass is 10.0. The first kappa shape index (κ1) is 13.8. The predicted molar refractivity (Wildman–Crippen MR) is 59.9 cm³/mol. The van der Waals surface area contributed by atoms with E-state index in [1.165, 1.54) is 12.1 Å². The first-order valence-corrected chi connectivity index (χ1v) is 5.48. The van der Waals surface area contributed by atoms with Crippen LogP contribution in [0, 0.1) is 0 Å². The molecule has 5 heteroatoms. The molecule has 0 bridgehead atoms. The van der Waals surface area contributed by atoms with Gasteiger partial charge in [0.05, 0.1) is 6.42 Å². The minimum atomic E-state index is -4.18. The molecule has 0 aliphatic heterocycles. The first-order valence-electron chi connectivity index (χ1n) is 5.48. The lowest BCUT2D eigenvalue weighted by molar-refractivity contribution is -0.139. The molecule has 0 fully saturated rings. The summed E-state index contributed by atoms with van der Waals surface area (Å²) in [7, 11) is 0. The van der Waals surface area contributed by atoms with E-state index in [2.05, 4.69) is 5.32 Å². The fraction of sp³-hybridized carbons (Fsp3) is 0.500. The normalized spacial score (nSPS) is 13.6. The van der Waals surface area contributed by atoms with Crippen LogP contribution in [0.5, 0.6) is 5.75 Å². The largest absolute Gasteiger partial charge is 0.508 e. The maximum absolute atomic E-state index is 12.3. The van der Waals surface area contributed by atoms with E-state index >= 15 is 0 Å². The number of rotatable bonds is 5. The Balaban J connectivity index is 2.66. The maximum Gasteiger partial charge on any atom is 0.390 e. The highest BCUT2D eigenvalue weighted by atomic mass is 19.4. The van der Waals surface area contributed by atoms with Crippen molar-refractivity contribution in [2.24, 2.45) is 0 Å². The zero-order valence-electron chi connectivity index (χ0n) is 9.59. The second kappa shape index (κ2) is 5.91. The SMILES string of the molecule is CCNC(Cc1cccc(O)c1)CC(F)(F)F. The third kappa shape index (κ3) is 5.58. The van der Waals surface area contributed by atoms with Crippen LogP contribution in [-0.2, 0) is 6.42 Å². The maximum atomic E-state index is 12.3. The van der Waals surface area contributed by atoms with Gasteiger partial charge in [-0.25, -0.2) is 0 Å². The van der Waals surface area contributed by atoms with Gasteiger partial charge in [0.15, 0.2) is 0 Å². The van der Waals surface area contributed by atoms with Gasteiger partial charge in [-0.2, -0.15) is 13.2 Å². The van der Waals surface area contributed by atoms with Crippen LogP contribution in [-0.4, -0.2) is 23.9 Å². The summed E-state index contributed by atoms with van der Waals surface area (Å²) in [6.45, 7) is 2.26. The van der Waals surface area contributed by atoms with E-state index in [0.717, 1.165) is 0 Å². The molecule has 1 unspecified atom stereocenters. The van der Waals surface area contributed by atoms with Crippen molar-refractivity contribution in [3.63, 3.8) is 0 Å². The molecule has 0 saturated heterocycles. The van der Waals surface area contributed by atoms with Gasteiger partial charge >= 0.3 is 6.18 Å². The van der Waals surface area contributed by atoms with Crippen LogP contribution >= 0.6 is 0 Å². The summed E-state index contributed by atoms with van der Waals surface area (Å²) in [5.74, 6) is 0.0738. The number of alkyl halides is 3. The number of benzene rings is 1. The summed E-state index contributed by atoms with van der Waals surface area (Å²) in [5, 5.41) is 12.1. The molecule has 0 aromatic heterocycles. The zero-order valence-corrected chi connectivity index (χ0v) is 9.59. The topological polar surface area (TPSA) is 32.3 Å². The van der Waals surface area contributed by atoms with Crippen molar-refractivity contribution in [2.45, 2.75) is 32.0 Å². The summed E-state index contributed by atoms with van der Waals surface area (Å²) in [6.07, 6.45) is -4.79. The molecule has 0 amide bonds. The standard InChI is InChI=1S/C12H16F3NO/c1-2-16-10(8-12(13,14)15)6-9-4-3-5-11(17)7-9/h3-5,7,10,16-17H,2,6,8H2,1H3. The molecule has 1 rings (SSSR count). The summed E-state index contributed by atoms with van der Waals surface area (Å²) in [4.78, 5) is 0. The van der Waals surface area contributed by atoms with Crippen LogP contribution in [0.25, 0.3) is 0 Å². The third-order valence-electron chi connectivity index (χ3n) is 2.36. The quantitative estimate of drug-likeness (QED) is 0.838. The predicted octanol–water partition coefficient (Wildman–Crippen LogP) is 2.87. The van der Waals surface area contributed by atoms with Crippen LogP contribution in [0.1, 0.15) is 18.9 Å². The number of nitrogens with one attached hydrogen (secondary N) is 1. The van der Waals surface area contributed by atoms with Crippen molar-refractivity contribution in [2.75, 3.05) is 6.54 Å². The van der Waals surface area contributed by atoms with Gasteiger partial charge < -0.3 is 10.4 Å². The molecule has 0 heterocycles. The number of hydrogen-bond donors (Lipinski definition) is 2. The van der Waals surface area contributed by atoms with Crippen molar-refractivity contribution >= 4 is 0 Å². The Morgan fingerprint density at radius 2 is 2.06 bits per heavy atom. The van der Waals surface area contributed by atoms with Crippen molar-refractivity contribution < 1.29 is 18.3 Å². The van der Waals surface area contributed by atoms with E-state index in [9.17, 15) is 18.3 Å². The molecule has 17 heavy (non-hydrogen) atoms. The van der Waals surface area contributed by atoms with Crippen LogP contribution in [0.15, 0.2) is 24.3 Å².